The molecule has 0 bridgehead atoms. The fourth-order valence-corrected chi connectivity index (χ4v) is 1.56. The van der Waals surface area contributed by atoms with Crippen molar-refractivity contribution in [2.75, 3.05) is 0 Å². The highest BCUT2D eigenvalue weighted by atomic mass is 16.3. The van der Waals surface area contributed by atoms with Crippen LogP contribution in [-0.4, -0.2) is 28.9 Å². The summed E-state index contributed by atoms with van der Waals surface area (Å²) in [5, 5.41) is 13.7. The van der Waals surface area contributed by atoms with Crippen molar-refractivity contribution in [3.05, 3.63) is 29.8 Å². The molecule has 1 aromatic rings. The van der Waals surface area contributed by atoms with Crippen molar-refractivity contribution in [1.82, 2.24) is 10.6 Å². The highest BCUT2D eigenvalue weighted by molar-refractivity contribution is 6.08. The van der Waals surface area contributed by atoms with Crippen molar-refractivity contribution < 1.29 is 19.5 Å². The summed E-state index contributed by atoms with van der Waals surface area (Å²) in [6.45, 7) is 0. The Balaban J connectivity index is 2.07. The molecule has 0 saturated carbocycles. The fraction of sp³-hybridized carbons (Fsp3) is 0.182. The Morgan fingerprint density at radius 3 is 2.76 bits per heavy atom. The van der Waals surface area contributed by atoms with Gasteiger partial charge in [0.05, 0.1) is 6.42 Å². The second kappa shape index (κ2) is 4.25. The van der Waals surface area contributed by atoms with E-state index in [1.807, 2.05) is 0 Å². The number of aromatic hydroxyl groups is 1. The van der Waals surface area contributed by atoms with Crippen LogP contribution in [0.25, 0.3) is 0 Å². The number of hydrogen-bond donors (Lipinski definition) is 3. The van der Waals surface area contributed by atoms with Crippen LogP contribution < -0.4 is 10.6 Å². The number of nitrogens with one attached hydrogen (secondary N) is 2. The SMILES string of the molecule is O=C1CC(NC(=O)c2cccc(O)c2)C(=O)N1. The zero-order chi connectivity index (χ0) is 12.4. The van der Waals surface area contributed by atoms with E-state index in [9.17, 15) is 19.5 Å². The van der Waals surface area contributed by atoms with Gasteiger partial charge in [-0.3, -0.25) is 19.7 Å². The van der Waals surface area contributed by atoms with Gasteiger partial charge in [0.25, 0.3) is 5.91 Å². The lowest BCUT2D eigenvalue weighted by Crippen LogP contribution is -2.40. The number of benzene rings is 1. The second-order valence-electron chi connectivity index (χ2n) is 3.69. The minimum Gasteiger partial charge on any atom is -0.508 e. The third-order valence-corrected chi connectivity index (χ3v) is 2.38. The van der Waals surface area contributed by atoms with Crippen LogP contribution in [0.15, 0.2) is 24.3 Å². The van der Waals surface area contributed by atoms with E-state index < -0.39 is 23.8 Å². The number of rotatable bonds is 2. The maximum Gasteiger partial charge on any atom is 0.252 e. The Kier molecular flexibility index (Phi) is 2.78. The van der Waals surface area contributed by atoms with E-state index in [0.29, 0.717) is 0 Å². The quantitative estimate of drug-likeness (QED) is 0.603. The molecule has 88 valence electrons. The van der Waals surface area contributed by atoms with E-state index in [4.69, 9.17) is 0 Å². The Bertz CT molecular complexity index is 498. The van der Waals surface area contributed by atoms with Gasteiger partial charge in [-0.1, -0.05) is 6.07 Å². The van der Waals surface area contributed by atoms with Crippen LogP contribution in [-0.2, 0) is 9.59 Å². The smallest absolute Gasteiger partial charge is 0.252 e. The molecule has 6 nitrogen and oxygen atoms in total. The van der Waals surface area contributed by atoms with Crippen LogP contribution >= 0.6 is 0 Å². The number of carbonyl (C=O) groups is 3. The molecule has 17 heavy (non-hydrogen) atoms. The summed E-state index contributed by atoms with van der Waals surface area (Å²) in [5.74, 6) is -1.46. The predicted octanol–water partition coefficient (Wildman–Crippen LogP) is -0.463. The molecule has 1 heterocycles. The zero-order valence-electron chi connectivity index (χ0n) is 8.77. The molecule has 1 aliphatic rings. The molecule has 6 heteroatoms. The normalized spacial score (nSPS) is 18.9. The van der Waals surface area contributed by atoms with Crippen LogP contribution in [0, 0.1) is 0 Å². The first-order valence-corrected chi connectivity index (χ1v) is 5.00. The number of amides is 3. The van der Waals surface area contributed by atoms with Gasteiger partial charge in [0.15, 0.2) is 0 Å². The van der Waals surface area contributed by atoms with Crippen LogP contribution in [0.5, 0.6) is 5.75 Å². The third-order valence-electron chi connectivity index (χ3n) is 2.38. The van der Waals surface area contributed by atoms with E-state index >= 15 is 0 Å². The first-order chi connectivity index (χ1) is 8.06. The van der Waals surface area contributed by atoms with Gasteiger partial charge in [0, 0.05) is 5.56 Å². The monoisotopic (exact) mass is 234 g/mol. The van der Waals surface area contributed by atoms with E-state index in [1.165, 1.54) is 24.3 Å². The predicted molar refractivity (Wildman–Crippen MR) is 57.1 cm³/mol. The summed E-state index contributed by atoms with van der Waals surface area (Å²) >= 11 is 0. The van der Waals surface area contributed by atoms with E-state index in [2.05, 4.69) is 10.6 Å². The van der Waals surface area contributed by atoms with Crippen LogP contribution in [0.4, 0.5) is 0 Å². The highest BCUT2D eigenvalue weighted by Gasteiger charge is 2.31. The van der Waals surface area contributed by atoms with Gasteiger partial charge in [-0.05, 0) is 18.2 Å². The maximum atomic E-state index is 11.7. The van der Waals surface area contributed by atoms with Gasteiger partial charge in [-0.15, -0.1) is 0 Å². The minimum absolute atomic E-state index is 0.0374. The molecule has 0 radical (unpaired) electrons. The van der Waals surface area contributed by atoms with Gasteiger partial charge in [0.1, 0.15) is 11.8 Å². The van der Waals surface area contributed by atoms with Crippen LogP contribution in [0.3, 0.4) is 0 Å². The Morgan fingerprint density at radius 1 is 1.41 bits per heavy atom. The molecule has 2 rings (SSSR count). The Morgan fingerprint density at radius 2 is 2.18 bits per heavy atom. The molecular weight excluding hydrogens is 224 g/mol. The Hall–Kier alpha value is -2.37. The molecule has 3 amide bonds. The van der Waals surface area contributed by atoms with Gasteiger partial charge < -0.3 is 10.4 Å². The van der Waals surface area contributed by atoms with Crippen molar-refractivity contribution in [3.8, 4) is 5.75 Å². The first kappa shape index (κ1) is 11.1. The molecule has 1 saturated heterocycles. The molecule has 1 unspecified atom stereocenters. The number of phenolic OH excluding ortho intramolecular Hbond substituents is 1. The number of phenols is 1. The Labute approximate surface area is 96.6 Å². The molecule has 0 aliphatic carbocycles. The maximum absolute atomic E-state index is 11.7. The largest absolute Gasteiger partial charge is 0.508 e. The average molecular weight is 234 g/mol. The molecule has 1 fully saturated rings. The van der Waals surface area contributed by atoms with Crippen molar-refractivity contribution in [1.29, 1.82) is 0 Å². The lowest BCUT2D eigenvalue weighted by Gasteiger charge is -2.09. The van der Waals surface area contributed by atoms with Gasteiger partial charge in [-0.25, -0.2) is 0 Å². The summed E-state index contributed by atoms with van der Waals surface area (Å²) in [4.78, 5) is 33.8. The van der Waals surface area contributed by atoms with Crippen molar-refractivity contribution >= 4 is 17.7 Å². The summed E-state index contributed by atoms with van der Waals surface area (Å²) < 4.78 is 0. The number of carbonyl (C=O) groups excluding carboxylic acids is 3. The zero-order valence-corrected chi connectivity index (χ0v) is 8.77. The number of hydrogen-bond acceptors (Lipinski definition) is 4. The van der Waals surface area contributed by atoms with Crippen LogP contribution in [0.2, 0.25) is 0 Å². The summed E-state index contributed by atoms with van der Waals surface area (Å²) in [5.41, 5.74) is 0.233. The summed E-state index contributed by atoms with van der Waals surface area (Å²) in [7, 11) is 0. The molecule has 1 atom stereocenters. The molecular formula is C11H10N2O4. The van der Waals surface area contributed by atoms with Gasteiger partial charge in [0.2, 0.25) is 11.8 Å². The topological polar surface area (TPSA) is 95.5 Å². The van der Waals surface area contributed by atoms with E-state index in [-0.39, 0.29) is 17.7 Å². The van der Waals surface area contributed by atoms with E-state index in [1.54, 1.807) is 0 Å². The highest BCUT2D eigenvalue weighted by Crippen LogP contribution is 2.11. The van der Waals surface area contributed by atoms with E-state index in [0.717, 1.165) is 0 Å². The molecule has 0 spiro atoms. The lowest BCUT2D eigenvalue weighted by atomic mass is 10.1. The van der Waals surface area contributed by atoms with Crippen molar-refractivity contribution in [2.45, 2.75) is 12.5 Å². The first-order valence-electron chi connectivity index (χ1n) is 5.00. The van der Waals surface area contributed by atoms with Crippen LogP contribution in [0.1, 0.15) is 16.8 Å². The van der Waals surface area contributed by atoms with Gasteiger partial charge in [-0.2, -0.15) is 0 Å². The summed E-state index contributed by atoms with van der Waals surface area (Å²) in [6, 6.07) is 4.90. The molecule has 0 aromatic heterocycles. The average Bonchev–Trinajstić information content (AvgIpc) is 2.57. The fourth-order valence-electron chi connectivity index (χ4n) is 1.56. The standard InChI is InChI=1S/C11H10N2O4/c14-7-3-1-2-6(4-7)10(16)12-8-5-9(15)13-11(8)17/h1-4,8,14H,5H2,(H,12,16)(H,13,15,17). The van der Waals surface area contributed by atoms with Crippen molar-refractivity contribution in [3.63, 3.8) is 0 Å². The summed E-state index contributed by atoms with van der Waals surface area (Å²) in [6.07, 6.45) is -0.0522. The molecule has 3 N–H and O–H groups in total. The molecule has 1 aromatic carbocycles. The minimum atomic E-state index is -0.836. The van der Waals surface area contributed by atoms with Crippen molar-refractivity contribution in [2.24, 2.45) is 0 Å². The third kappa shape index (κ3) is 2.41. The van der Waals surface area contributed by atoms with Gasteiger partial charge >= 0.3 is 0 Å². The second-order valence-corrected chi connectivity index (χ2v) is 3.69. The molecule has 1 aliphatic heterocycles. The lowest BCUT2D eigenvalue weighted by molar-refractivity contribution is -0.125. The number of imide groups is 1.